The van der Waals surface area contributed by atoms with Crippen LogP contribution in [0.4, 0.5) is 0 Å². The molecule has 1 heterocycles. The van der Waals surface area contributed by atoms with Gasteiger partial charge in [-0.25, -0.2) is 4.99 Å². The summed E-state index contributed by atoms with van der Waals surface area (Å²) in [4.78, 5) is 17.9. The number of carbonyl (C=O) groups is 1. The van der Waals surface area contributed by atoms with Gasteiger partial charge in [-0.1, -0.05) is 28.1 Å². The lowest BCUT2D eigenvalue weighted by molar-refractivity contribution is -0.132. The van der Waals surface area contributed by atoms with Crippen LogP contribution in [0, 0.1) is 0 Å². The molecule has 0 bridgehead atoms. The number of carbonyl (C=O) groups excluding carboxylic acids is 1. The van der Waals surface area contributed by atoms with E-state index in [-0.39, 0.29) is 35.9 Å². The highest BCUT2D eigenvalue weighted by Gasteiger charge is 2.23. The number of hydrogen-bond donors (Lipinski definition) is 2. The quantitative estimate of drug-likeness (QED) is 0.384. The fourth-order valence-electron chi connectivity index (χ4n) is 2.40. The third-order valence-corrected chi connectivity index (χ3v) is 4.17. The Morgan fingerprint density at radius 2 is 2.09 bits per heavy atom. The van der Waals surface area contributed by atoms with Gasteiger partial charge in [0.25, 0.3) is 0 Å². The van der Waals surface area contributed by atoms with E-state index in [1.807, 2.05) is 26.1 Å². The Labute approximate surface area is 163 Å². The zero-order chi connectivity index (χ0) is 15.9. The molecule has 1 amide bonds. The molecule has 0 spiro atoms. The number of hydrogen-bond acceptors (Lipinski definition) is 2. The van der Waals surface area contributed by atoms with Gasteiger partial charge in [-0.2, -0.15) is 0 Å². The number of halogens is 2. The van der Waals surface area contributed by atoms with Crippen LogP contribution >= 0.6 is 39.9 Å². The van der Waals surface area contributed by atoms with Crippen molar-refractivity contribution >= 4 is 51.8 Å². The third-order valence-electron chi connectivity index (χ3n) is 3.64. The van der Waals surface area contributed by atoms with Gasteiger partial charge in [0, 0.05) is 37.1 Å². The Bertz CT molecular complexity index is 535. The van der Waals surface area contributed by atoms with Crippen molar-refractivity contribution in [2.45, 2.75) is 32.4 Å². The predicted molar refractivity (Wildman–Crippen MR) is 108 cm³/mol. The first-order valence-corrected chi connectivity index (χ1v) is 8.41. The zero-order valence-corrected chi connectivity index (χ0v) is 17.4. The van der Waals surface area contributed by atoms with Crippen LogP contribution in [0.25, 0.3) is 0 Å². The Hall–Kier alpha value is -0.830. The fraction of sp³-hybridized carbons (Fsp3) is 0.500. The van der Waals surface area contributed by atoms with Crippen molar-refractivity contribution in [3.8, 4) is 0 Å². The van der Waals surface area contributed by atoms with E-state index in [0.717, 1.165) is 35.5 Å². The molecule has 2 rings (SSSR count). The number of benzene rings is 1. The minimum atomic E-state index is 0. The number of nitrogens with zero attached hydrogens (tertiary/aromatic N) is 2. The Kier molecular flexibility index (Phi) is 8.90. The Morgan fingerprint density at radius 1 is 1.39 bits per heavy atom. The second-order valence-corrected chi connectivity index (χ2v) is 6.39. The zero-order valence-electron chi connectivity index (χ0n) is 13.5. The van der Waals surface area contributed by atoms with Gasteiger partial charge in [-0.3, -0.25) is 4.79 Å². The standard InChI is InChI=1S/C16H23BrN4O.HI/c1-3-18-16(19-10-12-4-6-13(17)7-5-12)20-14-8-9-15(22)21(2)11-14;/h4-7,14H,3,8-11H2,1-2H3,(H2,18,19,20);1H. The van der Waals surface area contributed by atoms with Crippen molar-refractivity contribution in [1.29, 1.82) is 0 Å². The summed E-state index contributed by atoms with van der Waals surface area (Å²) in [5, 5.41) is 6.69. The van der Waals surface area contributed by atoms with E-state index < -0.39 is 0 Å². The Balaban J connectivity index is 0.00000264. The molecule has 1 unspecified atom stereocenters. The van der Waals surface area contributed by atoms with E-state index in [9.17, 15) is 4.79 Å². The first-order chi connectivity index (χ1) is 10.6. The van der Waals surface area contributed by atoms with Gasteiger partial charge in [-0.15, -0.1) is 24.0 Å². The maximum atomic E-state index is 11.5. The molecule has 1 fully saturated rings. The Morgan fingerprint density at radius 3 is 2.70 bits per heavy atom. The van der Waals surface area contributed by atoms with Crippen LogP contribution in [-0.2, 0) is 11.3 Å². The van der Waals surface area contributed by atoms with Crippen LogP contribution < -0.4 is 10.6 Å². The van der Waals surface area contributed by atoms with Gasteiger partial charge >= 0.3 is 0 Å². The third kappa shape index (κ3) is 6.66. The molecular weight excluding hydrogens is 471 g/mol. The normalized spacial score (nSPS) is 18.4. The van der Waals surface area contributed by atoms with Crippen LogP contribution in [0.5, 0.6) is 0 Å². The molecule has 1 saturated heterocycles. The van der Waals surface area contributed by atoms with Crippen molar-refractivity contribution < 1.29 is 4.79 Å². The molecule has 1 aliphatic rings. The maximum Gasteiger partial charge on any atom is 0.222 e. The molecule has 1 aromatic rings. The molecule has 2 N–H and O–H groups in total. The number of likely N-dealkylation sites (tertiary alicyclic amines) is 1. The largest absolute Gasteiger partial charge is 0.357 e. The minimum absolute atomic E-state index is 0. The second kappa shape index (κ2) is 10.1. The summed E-state index contributed by atoms with van der Waals surface area (Å²) in [6.07, 6.45) is 1.45. The monoisotopic (exact) mass is 494 g/mol. The summed E-state index contributed by atoms with van der Waals surface area (Å²) in [6.45, 7) is 4.21. The average Bonchev–Trinajstić information content (AvgIpc) is 2.50. The number of guanidine groups is 1. The van der Waals surface area contributed by atoms with Crippen molar-refractivity contribution in [1.82, 2.24) is 15.5 Å². The molecule has 0 saturated carbocycles. The number of amides is 1. The molecule has 5 nitrogen and oxygen atoms in total. The van der Waals surface area contributed by atoms with Crippen LogP contribution in [0.1, 0.15) is 25.3 Å². The number of likely N-dealkylation sites (N-methyl/N-ethyl adjacent to an activating group) is 1. The lowest BCUT2D eigenvalue weighted by Crippen LogP contribution is -2.51. The average molecular weight is 495 g/mol. The van der Waals surface area contributed by atoms with E-state index in [1.165, 1.54) is 0 Å². The maximum absolute atomic E-state index is 11.5. The SMILES string of the molecule is CCNC(=NCc1ccc(Br)cc1)NC1CCC(=O)N(C)C1.I. The highest BCUT2D eigenvalue weighted by atomic mass is 127. The molecular formula is C16H24BrIN4O. The van der Waals surface area contributed by atoms with Crippen molar-refractivity contribution in [2.75, 3.05) is 20.1 Å². The van der Waals surface area contributed by atoms with Gasteiger partial charge in [0.2, 0.25) is 5.91 Å². The number of rotatable bonds is 4. The minimum Gasteiger partial charge on any atom is -0.357 e. The van der Waals surface area contributed by atoms with E-state index in [2.05, 4.69) is 43.7 Å². The molecule has 0 radical (unpaired) electrons. The lowest BCUT2D eigenvalue weighted by atomic mass is 10.1. The summed E-state index contributed by atoms with van der Waals surface area (Å²) in [6, 6.07) is 8.42. The van der Waals surface area contributed by atoms with Crippen molar-refractivity contribution in [3.05, 3.63) is 34.3 Å². The summed E-state index contributed by atoms with van der Waals surface area (Å²) in [7, 11) is 1.85. The molecule has 1 atom stereocenters. The fourth-order valence-corrected chi connectivity index (χ4v) is 2.67. The molecule has 1 aliphatic heterocycles. The number of nitrogens with one attached hydrogen (secondary N) is 2. The molecule has 1 aromatic carbocycles. The lowest BCUT2D eigenvalue weighted by Gasteiger charge is -2.31. The van der Waals surface area contributed by atoms with Gasteiger partial charge in [-0.05, 0) is 31.0 Å². The smallest absolute Gasteiger partial charge is 0.222 e. The predicted octanol–water partition coefficient (Wildman–Crippen LogP) is 2.74. The summed E-state index contributed by atoms with van der Waals surface area (Å²) in [5.74, 6) is 1.02. The first-order valence-electron chi connectivity index (χ1n) is 7.61. The molecule has 7 heteroatoms. The van der Waals surface area contributed by atoms with Gasteiger partial charge in [0.15, 0.2) is 5.96 Å². The molecule has 0 aliphatic carbocycles. The highest BCUT2D eigenvalue weighted by Crippen LogP contribution is 2.12. The van der Waals surface area contributed by atoms with Crippen molar-refractivity contribution in [3.63, 3.8) is 0 Å². The summed E-state index contributed by atoms with van der Waals surface area (Å²) in [5.41, 5.74) is 1.16. The van der Waals surface area contributed by atoms with Gasteiger partial charge in [0.05, 0.1) is 6.54 Å². The summed E-state index contributed by atoms with van der Waals surface area (Å²) >= 11 is 3.43. The van der Waals surface area contributed by atoms with E-state index in [1.54, 1.807) is 4.90 Å². The van der Waals surface area contributed by atoms with Gasteiger partial charge < -0.3 is 15.5 Å². The van der Waals surface area contributed by atoms with E-state index in [4.69, 9.17) is 0 Å². The second-order valence-electron chi connectivity index (χ2n) is 5.48. The molecule has 128 valence electrons. The highest BCUT2D eigenvalue weighted by molar-refractivity contribution is 14.0. The van der Waals surface area contributed by atoms with Crippen molar-refractivity contribution in [2.24, 2.45) is 4.99 Å². The van der Waals surface area contributed by atoms with Crippen LogP contribution in [0.2, 0.25) is 0 Å². The number of aliphatic imine (C=N–C) groups is 1. The van der Waals surface area contributed by atoms with Crippen LogP contribution in [-0.4, -0.2) is 42.9 Å². The van der Waals surface area contributed by atoms with Crippen LogP contribution in [0.3, 0.4) is 0 Å². The van der Waals surface area contributed by atoms with E-state index in [0.29, 0.717) is 13.0 Å². The van der Waals surface area contributed by atoms with Gasteiger partial charge in [0.1, 0.15) is 0 Å². The van der Waals surface area contributed by atoms with E-state index >= 15 is 0 Å². The van der Waals surface area contributed by atoms with Crippen LogP contribution in [0.15, 0.2) is 33.7 Å². The first kappa shape index (κ1) is 20.2. The number of piperidine rings is 1. The molecule has 23 heavy (non-hydrogen) atoms. The summed E-state index contributed by atoms with van der Waals surface area (Å²) < 4.78 is 1.07. The topological polar surface area (TPSA) is 56.7 Å². The molecule has 0 aromatic heterocycles.